The van der Waals surface area contributed by atoms with Crippen molar-refractivity contribution in [3.8, 4) is 0 Å². The summed E-state index contributed by atoms with van der Waals surface area (Å²) < 4.78 is 5.48. The molecule has 2 heteroatoms. The lowest BCUT2D eigenvalue weighted by molar-refractivity contribution is -0.166. The average molecular weight is 182 g/mol. The summed E-state index contributed by atoms with van der Waals surface area (Å²) in [5.74, 6) is 0.513. The van der Waals surface area contributed by atoms with E-state index in [1.54, 1.807) is 7.11 Å². The quantitative estimate of drug-likeness (QED) is 0.626. The molecule has 0 unspecified atom stereocenters. The molecule has 1 saturated carbocycles. The number of fused-ring (bicyclic) bond motifs is 2. The van der Waals surface area contributed by atoms with Gasteiger partial charge in [-0.05, 0) is 18.8 Å². The van der Waals surface area contributed by atoms with E-state index >= 15 is 0 Å². The van der Waals surface area contributed by atoms with Gasteiger partial charge in [-0.3, -0.25) is 0 Å². The zero-order chi connectivity index (χ0) is 9.69. The van der Waals surface area contributed by atoms with E-state index in [9.17, 15) is 5.11 Å². The van der Waals surface area contributed by atoms with Gasteiger partial charge in [0.1, 0.15) is 5.60 Å². The van der Waals surface area contributed by atoms with Crippen LogP contribution in [-0.4, -0.2) is 23.9 Å². The van der Waals surface area contributed by atoms with Crippen molar-refractivity contribution >= 4 is 0 Å². The van der Waals surface area contributed by atoms with E-state index in [1.165, 1.54) is 0 Å². The van der Waals surface area contributed by atoms with Crippen LogP contribution in [0, 0.1) is 11.3 Å². The summed E-state index contributed by atoms with van der Waals surface area (Å²) in [6.07, 6.45) is 5.98. The van der Waals surface area contributed by atoms with Crippen LogP contribution in [0.15, 0.2) is 12.2 Å². The zero-order valence-corrected chi connectivity index (χ0v) is 8.58. The van der Waals surface area contributed by atoms with Gasteiger partial charge in [-0.2, -0.15) is 0 Å². The van der Waals surface area contributed by atoms with Crippen LogP contribution in [0.5, 0.6) is 0 Å². The molecule has 13 heavy (non-hydrogen) atoms. The van der Waals surface area contributed by atoms with Crippen molar-refractivity contribution in [2.45, 2.75) is 38.4 Å². The van der Waals surface area contributed by atoms with Gasteiger partial charge in [-0.15, -0.1) is 0 Å². The Kier molecular flexibility index (Phi) is 1.83. The molecule has 2 bridgehead atoms. The van der Waals surface area contributed by atoms with Crippen LogP contribution in [0.25, 0.3) is 0 Å². The lowest BCUT2D eigenvalue weighted by atomic mass is 9.57. The van der Waals surface area contributed by atoms with E-state index in [0.717, 1.165) is 12.8 Å². The minimum Gasteiger partial charge on any atom is -0.389 e. The number of allylic oxidation sites excluding steroid dienone is 1. The molecule has 3 rings (SSSR count). The second kappa shape index (κ2) is 2.58. The molecule has 74 valence electrons. The largest absolute Gasteiger partial charge is 0.389 e. The first-order chi connectivity index (χ1) is 6.03. The standard InChI is InChI=1S/C11H18O2/c1-10(2)8-4-6-11(13-3,7-5-8)9(10)12/h4,6,8-9,12H,5,7H2,1-3H3/t8-,9-,11-/m1/s1. The fourth-order valence-corrected chi connectivity index (χ4v) is 2.80. The zero-order valence-electron chi connectivity index (χ0n) is 8.58. The number of aliphatic hydroxyl groups excluding tert-OH is 1. The van der Waals surface area contributed by atoms with Crippen molar-refractivity contribution in [1.82, 2.24) is 0 Å². The Morgan fingerprint density at radius 3 is 2.54 bits per heavy atom. The summed E-state index contributed by atoms with van der Waals surface area (Å²) in [4.78, 5) is 0. The predicted octanol–water partition coefficient (Wildman–Crippen LogP) is 1.74. The van der Waals surface area contributed by atoms with E-state index in [1.807, 2.05) is 0 Å². The monoisotopic (exact) mass is 182 g/mol. The third-order valence-electron chi connectivity index (χ3n) is 3.96. The Morgan fingerprint density at radius 1 is 1.46 bits per heavy atom. The lowest BCUT2D eigenvalue weighted by Gasteiger charge is -2.54. The van der Waals surface area contributed by atoms with Gasteiger partial charge in [0, 0.05) is 12.5 Å². The van der Waals surface area contributed by atoms with Gasteiger partial charge >= 0.3 is 0 Å². The maximum atomic E-state index is 10.2. The summed E-state index contributed by atoms with van der Waals surface area (Å²) in [5.41, 5.74) is -0.443. The molecule has 0 aromatic rings. The normalized spacial score (nSPS) is 46.8. The van der Waals surface area contributed by atoms with Crippen LogP contribution in [0.3, 0.4) is 0 Å². The fraction of sp³-hybridized carbons (Fsp3) is 0.818. The number of aliphatic hydroxyl groups is 1. The smallest absolute Gasteiger partial charge is 0.112 e. The summed E-state index contributed by atoms with van der Waals surface area (Å²) in [6, 6.07) is 0. The van der Waals surface area contributed by atoms with Gasteiger partial charge in [-0.25, -0.2) is 0 Å². The summed E-state index contributed by atoms with van der Waals surface area (Å²) in [6.45, 7) is 4.25. The molecule has 0 aromatic heterocycles. The van der Waals surface area contributed by atoms with Crippen molar-refractivity contribution in [1.29, 1.82) is 0 Å². The highest BCUT2D eigenvalue weighted by molar-refractivity contribution is 5.22. The fourth-order valence-electron chi connectivity index (χ4n) is 2.80. The molecule has 3 aliphatic rings. The van der Waals surface area contributed by atoms with Gasteiger partial charge in [0.15, 0.2) is 0 Å². The van der Waals surface area contributed by atoms with E-state index in [0.29, 0.717) is 5.92 Å². The number of rotatable bonds is 1. The first-order valence-corrected chi connectivity index (χ1v) is 4.95. The number of hydrogen-bond donors (Lipinski definition) is 1. The maximum absolute atomic E-state index is 10.2. The molecular formula is C11H18O2. The van der Waals surface area contributed by atoms with Crippen molar-refractivity contribution in [2.75, 3.05) is 7.11 Å². The van der Waals surface area contributed by atoms with E-state index < -0.39 is 5.60 Å². The second-order valence-electron chi connectivity index (χ2n) is 4.89. The third-order valence-corrected chi connectivity index (χ3v) is 3.96. The molecule has 0 aliphatic heterocycles. The Morgan fingerprint density at radius 2 is 2.15 bits per heavy atom. The highest BCUT2D eigenvalue weighted by Gasteiger charge is 2.54. The maximum Gasteiger partial charge on any atom is 0.112 e. The van der Waals surface area contributed by atoms with Crippen molar-refractivity contribution in [3.05, 3.63) is 12.2 Å². The van der Waals surface area contributed by atoms with Crippen molar-refractivity contribution in [2.24, 2.45) is 11.3 Å². The van der Waals surface area contributed by atoms with Gasteiger partial charge in [-0.1, -0.05) is 26.0 Å². The summed E-state index contributed by atoms with van der Waals surface area (Å²) >= 11 is 0. The average Bonchev–Trinajstić information content (AvgIpc) is 2.15. The Labute approximate surface area is 79.6 Å². The molecule has 3 atom stereocenters. The van der Waals surface area contributed by atoms with Crippen molar-refractivity contribution in [3.63, 3.8) is 0 Å². The first kappa shape index (κ1) is 9.22. The molecule has 0 saturated heterocycles. The highest BCUT2D eigenvalue weighted by atomic mass is 16.5. The van der Waals surface area contributed by atoms with E-state index in [-0.39, 0.29) is 11.5 Å². The molecule has 0 aromatic carbocycles. The van der Waals surface area contributed by atoms with Crippen LogP contribution >= 0.6 is 0 Å². The lowest BCUT2D eigenvalue weighted by Crippen LogP contribution is -2.59. The molecule has 0 radical (unpaired) electrons. The van der Waals surface area contributed by atoms with E-state index in [2.05, 4.69) is 26.0 Å². The molecule has 0 amide bonds. The van der Waals surface area contributed by atoms with Gasteiger partial charge < -0.3 is 9.84 Å². The predicted molar refractivity (Wildman–Crippen MR) is 51.4 cm³/mol. The SMILES string of the molecule is CO[C@]12C=C[C@H](CC1)C(C)(C)[C@H]2O. The third kappa shape index (κ3) is 1.02. The van der Waals surface area contributed by atoms with Gasteiger partial charge in [0.2, 0.25) is 0 Å². The molecule has 0 spiro atoms. The van der Waals surface area contributed by atoms with Gasteiger partial charge in [0.25, 0.3) is 0 Å². The molecule has 0 heterocycles. The molecule has 3 aliphatic carbocycles. The minimum atomic E-state index is -0.405. The first-order valence-electron chi connectivity index (χ1n) is 4.95. The van der Waals surface area contributed by atoms with Crippen LogP contribution in [-0.2, 0) is 4.74 Å². The van der Waals surface area contributed by atoms with Crippen LogP contribution in [0.2, 0.25) is 0 Å². The Balaban J connectivity index is 2.41. The van der Waals surface area contributed by atoms with Crippen LogP contribution < -0.4 is 0 Å². The minimum absolute atomic E-state index is 0.0387. The molecule has 1 N–H and O–H groups in total. The van der Waals surface area contributed by atoms with Crippen LogP contribution in [0.1, 0.15) is 26.7 Å². The topological polar surface area (TPSA) is 29.5 Å². The highest BCUT2D eigenvalue weighted by Crippen LogP contribution is 2.51. The molecule has 1 fully saturated rings. The van der Waals surface area contributed by atoms with Gasteiger partial charge in [0.05, 0.1) is 6.10 Å². The number of hydrogen-bond acceptors (Lipinski definition) is 2. The summed E-state index contributed by atoms with van der Waals surface area (Å²) in [7, 11) is 1.69. The van der Waals surface area contributed by atoms with Crippen molar-refractivity contribution < 1.29 is 9.84 Å². The van der Waals surface area contributed by atoms with Crippen LogP contribution in [0.4, 0.5) is 0 Å². The second-order valence-corrected chi connectivity index (χ2v) is 4.89. The Bertz CT molecular complexity index is 244. The summed E-state index contributed by atoms with van der Waals surface area (Å²) in [5, 5.41) is 10.2. The number of ether oxygens (including phenoxy) is 1. The molecular weight excluding hydrogens is 164 g/mol. The molecule has 2 nitrogen and oxygen atoms in total. The number of methoxy groups -OCH3 is 1. The Hall–Kier alpha value is -0.340. The van der Waals surface area contributed by atoms with E-state index in [4.69, 9.17) is 4.74 Å².